The lowest BCUT2D eigenvalue weighted by Gasteiger charge is -2.32. The van der Waals surface area contributed by atoms with Crippen molar-refractivity contribution in [1.82, 2.24) is 10.2 Å². The minimum absolute atomic E-state index is 0.125. The standard InChI is InChI=1S/C32H31ClN2O3/c1-38-30-15-9-8-14-27(30)22-34-32(37)29(20-24-10-4-2-5-11-24)35(23-26-16-18-28(33)19-17-26)31(36)21-25-12-6-3-7-13-25/h2-19,29H,20-23H2,1H3,(H,34,37). The highest BCUT2D eigenvalue weighted by atomic mass is 35.5. The van der Waals surface area contributed by atoms with Crippen molar-refractivity contribution in [2.24, 2.45) is 0 Å². The van der Waals surface area contributed by atoms with Crippen molar-refractivity contribution < 1.29 is 14.3 Å². The molecule has 0 aliphatic rings. The maximum Gasteiger partial charge on any atom is 0.243 e. The molecule has 1 unspecified atom stereocenters. The van der Waals surface area contributed by atoms with Gasteiger partial charge in [0, 0.05) is 30.1 Å². The Labute approximate surface area is 229 Å². The number of halogens is 1. The Morgan fingerprint density at radius 2 is 1.39 bits per heavy atom. The topological polar surface area (TPSA) is 58.6 Å². The summed E-state index contributed by atoms with van der Waals surface area (Å²) in [6, 6.07) is 33.6. The predicted octanol–water partition coefficient (Wildman–Crippen LogP) is 5.85. The first kappa shape index (κ1) is 27.0. The molecule has 4 aromatic carbocycles. The van der Waals surface area contributed by atoms with E-state index in [4.69, 9.17) is 16.3 Å². The Hall–Kier alpha value is -4.09. The van der Waals surface area contributed by atoms with Gasteiger partial charge in [-0.1, -0.05) is 103 Å². The third kappa shape index (κ3) is 7.46. The summed E-state index contributed by atoms with van der Waals surface area (Å²) in [6.45, 7) is 0.568. The fraction of sp³-hybridized carbons (Fsp3) is 0.188. The smallest absolute Gasteiger partial charge is 0.243 e. The number of carbonyl (C=O) groups excluding carboxylic acids is 2. The average Bonchev–Trinajstić information content (AvgIpc) is 2.95. The van der Waals surface area contributed by atoms with Gasteiger partial charge in [0.05, 0.1) is 13.5 Å². The second-order valence-electron chi connectivity index (χ2n) is 9.05. The predicted molar refractivity (Wildman–Crippen MR) is 151 cm³/mol. The molecule has 38 heavy (non-hydrogen) atoms. The first-order chi connectivity index (χ1) is 18.5. The fourth-order valence-electron chi connectivity index (χ4n) is 4.36. The molecule has 0 fully saturated rings. The number of para-hydroxylation sites is 1. The van der Waals surface area contributed by atoms with Crippen molar-refractivity contribution in [1.29, 1.82) is 0 Å². The zero-order valence-electron chi connectivity index (χ0n) is 21.3. The van der Waals surface area contributed by atoms with Crippen LogP contribution in [0.4, 0.5) is 0 Å². The maximum absolute atomic E-state index is 13.8. The molecule has 0 bridgehead atoms. The molecule has 0 aliphatic heterocycles. The second-order valence-corrected chi connectivity index (χ2v) is 9.48. The summed E-state index contributed by atoms with van der Waals surface area (Å²) in [6.07, 6.45) is 0.576. The first-order valence-corrected chi connectivity index (χ1v) is 12.9. The normalized spacial score (nSPS) is 11.4. The van der Waals surface area contributed by atoms with Crippen LogP contribution in [-0.4, -0.2) is 29.9 Å². The van der Waals surface area contributed by atoms with Crippen molar-refractivity contribution in [3.63, 3.8) is 0 Å². The van der Waals surface area contributed by atoms with Crippen LogP contribution < -0.4 is 10.1 Å². The summed E-state index contributed by atoms with van der Waals surface area (Å²) in [7, 11) is 1.61. The van der Waals surface area contributed by atoms with Crippen LogP contribution in [0.2, 0.25) is 5.02 Å². The Morgan fingerprint density at radius 1 is 0.789 bits per heavy atom. The van der Waals surface area contributed by atoms with Crippen LogP contribution in [-0.2, 0) is 35.5 Å². The molecule has 4 rings (SSSR count). The maximum atomic E-state index is 13.8. The van der Waals surface area contributed by atoms with Gasteiger partial charge in [-0.3, -0.25) is 9.59 Å². The monoisotopic (exact) mass is 526 g/mol. The molecule has 0 radical (unpaired) electrons. The minimum atomic E-state index is -0.723. The van der Waals surface area contributed by atoms with E-state index in [9.17, 15) is 9.59 Å². The molecule has 0 saturated carbocycles. The first-order valence-electron chi connectivity index (χ1n) is 12.5. The third-order valence-corrected chi connectivity index (χ3v) is 6.63. The molecular weight excluding hydrogens is 496 g/mol. The van der Waals surface area contributed by atoms with Gasteiger partial charge in [0.2, 0.25) is 11.8 Å². The number of carbonyl (C=O) groups is 2. The summed E-state index contributed by atoms with van der Waals surface area (Å²) in [5.41, 5.74) is 3.62. The fourth-order valence-corrected chi connectivity index (χ4v) is 4.49. The van der Waals surface area contributed by atoms with Crippen LogP contribution in [0.3, 0.4) is 0 Å². The highest BCUT2D eigenvalue weighted by molar-refractivity contribution is 6.30. The summed E-state index contributed by atoms with van der Waals surface area (Å²) >= 11 is 6.11. The van der Waals surface area contributed by atoms with E-state index in [1.807, 2.05) is 97.1 Å². The van der Waals surface area contributed by atoms with Crippen LogP contribution in [0.25, 0.3) is 0 Å². The summed E-state index contributed by atoms with van der Waals surface area (Å²) < 4.78 is 5.45. The van der Waals surface area contributed by atoms with Gasteiger partial charge in [0.1, 0.15) is 11.8 Å². The van der Waals surface area contributed by atoms with Crippen molar-refractivity contribution in [2.75, 3.05) is 7.11 Å². The van der Waals surface area contributed by atoms with E-state index < -0.39 is 6.04 Å². The SMILES string of the molecule is COc1ccccc1CNC(=O)C(Cc1ccccc1)N(Cc1ccc(Cl)cc1)C(=O)Cc1ccccc1. The largest absolute Gasteiger partial charge is 0.496 e. The summed E-state index contributed by atoms with van der Waals surface area (Å²) in [5, 5.41) is 3.67. The Balaban J connectivity index is 1.65. The molecule has 1 atom stereocenters. The molecule has 194 valence electrons. The van der Waals surface area contributed by atoms with Crippen LogP contribution in [0, 0.1) is 0 Å². The number of hydrogen-bond acceptors (Lipinski definition) is 3. The number of rotatable bonds is 11. The zero-order chi connectivity index (χ0) is 26.7. The van der Waals surface area contributed by atoms with E-state index in [2.05, 4.69) is 5.32 Å². The van der Waals surface area contributed by atoms with Gasteiger partial charge < -0.3 is 15.0 Å². The Morgan fingerprint density at radius 3 is 2.05 bits per heavy atom. The lowest BCUT2D eigenvalue weighted by molar-refractivity contribution is -0.140. The van der Waals surface area contributed by atoms with Crippen molar-refractivity contribution >= 4 is 23.4 Å². The van der Waals surface area contributed by atoms with Gasteiger partial charge in [-0.15, -0.1) is 0 Å². The highest BCUT2D eigenvalue weighted by Gasteiger charge is 2.30. The molecule has 6 heteroatoms. The van der Waals surface area contributed by atoms with Gasteiger partial charge in [0.25, 0.3) is 0 Å². The van der Waals surface area contributed by atoms with E-state index >= 15 is 0 Å². The molecule has 2 amide bonds. The number of nitrogens with zero attached hydrogens (tertiary/aromatic N) is 1. The lowest BCUT2D eigenvalue weighted by Crippen LogP contribution is -2.50. The van der Waals surface area contributed by atoms with Gasteiger partial charge in [-0.25, -0.2) is 0 Å². The second kappa shape index (κ2) is 13.5. The summed E-state index contributed by atoms with van der Waals surface area (Å²) in [4.78, 5) is 29.3. The van der Waals surface area contributed by atoms with Crippen LogP contribution in [0.15, 0.2) is 109 Å². The van der Waals surface area contributed by atoms with Gasteiger partial charge >= 0.3 is 0 Å². The molecule has 0 saturated heterocycles. The Kier molecular flexibility index (Phi) is 9.54. The molecule has 0 aliphatic carbocycles. The number of amides is 2. The molecule has 0 heterocycles. The number of ether oxygens (including phenoxy) is 1. The van der Waals surface area contributed by atoms with E-state index in [-0.39, 0.29) is 31.3 Å². The molecule has 0 aromatic heterocycles. The van der Waals surface area contributed by atoms with Crippen molar-refractivity contribution in [3.05, 3.63) is 136 Å². The number of methoxy groups -OCH3 is 1. The third-order valence-electron chi connectivity index (χ3n) is 6.38. The molecule has 0 spiro atoms. The average molecular weight is 527 g/mol. The van der Waals surface area contributed by atoms with Crippen LogP contribution in [0.5, 0.6) is 5.75 Å². The molecule has 1 N–H and O–H groups in total. The van der Waals surface area contributed by atoms with Crippen molar-refractivity contribution in [3.8, 4) is 5.75 Å². The lowest BCUT2D eigenvalue weighted by atomic mass is 10.0. The molecular formula is C32H31ClN2O3. The highest BCUT2D eigenvalue weighted by Crippen LogP contribution is 2.20. The van der Waals surface area contributed by atoms with E-state index in [1.165, 1.54) is 0 Å². The van der Waals surface area contributed by atoms with E-state index in [1.54, 1.807) is 24.1 Å². The van der Waals surface area contributed by atoms with Gasteiger partial charge in [-0.05, 0) is 34.9 Å². The molecule has 4 aromatic rings. The minimum Gasteiger partial charge on any atom is -0.496 e. The van der Waals surface area contributed by atoms with E-state index in [0.717, 1.165) is 22.3 Å². The van der Waals surface area contributed by atoms with E-state index in [0.29, 0.717) is 17.2 Å². The van der Waals surface area contributed by atoms with Crippen LogP contribution >= 0.6 is 11.6 Å². The number of benzene rings is 4. The number of hydrogen-bond donors (Lipinski definition) is 1. The molecule has 5 nitrogen and oxygen atoms in total. The van der Waals surface area contributed by atoms with Crippen LogP contribution in [0.1, 0.15) is 22.3 Å². The summed E-state index contributed by atoms with van der Waals surface area (Å²) in [5.74, 6) is 0.347. The quantitative estimate of drug-likeness (QED) is 0.267. The Bertz CT molecular complexity index is 1330. The number of nitrogens with one attached hydrogen (secondary N) is 1. The van der Waals surface area contributed by atoms with Gasteiger partial charge in [-0.2, -0.15) is 0 Å². The van der Waals surface area contributed by atoms with Gasteiger partial charge in [0.15, 0.2) is 0 Å². The van der Waals surface area contributed by atoms with Crippen molar-refractivity contribution in [2.45, 2.75) is 32.0 Å². The zero-order valence-corrected chi connectivity index (χ0v) is 22.1.